The maximum Gasteiger partial charge on any atom is 0.0894 e. The van der Waals surface area contributed by atoms with Crippen LogP contribution in [0.2, 0.25) is 0 Å². The van der Waals surface area contributed by atoms with E-state index in [-0.39, 0.29) is 6.67 Å². The van der Waals surface area contributed by atoms with Crippen LogP contribution in [0.1, 0.15) is 19.3 Å². The van der Waals surface area contributed by atoms with Crippen LogP contribution in [0.3, 0.4) is 0 Å². The van der Waals surface area contributed by atoms with E-state index < -0.39 is 0 Å². The third-order valence-electron chi connectivity index (χ3n) is 0.634. The van der Waals surface area contributed by atoms with Crippen molar-refractivity contribution in [2.45, 2.75) is 19.3 Å². The van der Waals surface area contributed by atoms with Gasteiger partial charge in [0.05, 0.1) is 6.67 Å². The summed E-state index contributed by atoms with van der Waals surface area (Å²) in [5.41, 5.74) is 0. The molecule has 0 N–H and O–H groups in total. The molecule has 1 heteroatoms. The van der Waals surface area contributed by atoms with E-state index in [1.54, 1.807) is 0 Å². The fraction of sp³-hybridized carbons (Fsp3) is 0.800. The van der Waals surface area contributed by atoms with E-state index in [0.717, 1.165) is 12.8 Å². The number of hydrogen-bond acceptors (Lipinski definition) is 0. The quantitative estimate of drug-likeness (QED) is 0.464. The molecule has 0 amide bonds. The van der Waals surface area contributed by atoms with Gasteiger partial charge < -0.3 is 0 Å². The molecule has 0 aromatic rings. The summed E-state index contributed by atoms with van der Waals surface area (Å²) in [5.74, 6) is 0. The van der Waals surface area contributed by atoms with Gasteiger partial charge in [-0.2, -0.15) is 0 Å². The van der Waals surface area contributed by atoms with E-state index in [1.807, 2.05) is 0 Å². The number of alkyl halides is 1. The van der Waals surface area contributed by atoms with Gasteiger partial charge in [-0.3, -0.25) is 4.39 Å². The maximum absolute atomic E-state index is 11.2. The highest BCUT2D eigenvalue weighted by atomic mass is 19.1. The molecule has 0 saturated heterocycles. The van der Waals surface area contributed by atoms with Gasteiger partial charge in [0.15, 0.2) is 0 Å². The van der Waals surface area contributed by atoms with E-state index in [9.17, 15) is 4.39 Å². The Hall–Kier alpha value is -0.0700. The minimum absolute atomic E-state index is 0.185. The standard InChI is InChI=1S/C5H10F/c1-2-3-4-5-6/h1-5H2. The average molecular weight is 89.1 g/mol. The topological polar surface area (TPSA) is 0 Å². The number of unbranched alkanes of at least 4 members (excludes halogenated alkanes) is 2. The Labute approximate surface area is 38.4 Å². The maximum atomic E-state index is 11.2. The zero-order valence-corrected chi connectivity index (χ0v) is 3.91. The molecule has 0 aromatic carbocycles. The van der Waals surface area contributed by atoms with Crippen LogP contribution in [0.5, 0.6) is 0 Å². The summed E-state index contributed by atoms with van der Waals surface area (Å²) in [5, 5.41) is 0. The predicted molar refractivity (Wildman–Crippen MR) is 25.2 cm³/mol. The number of hydrogen-bond donors (Lipinski definition) is 0. The van der Waals surface area contributed by atoms with Crippen molar-refractivity contribution in [1.82, 2.24) is 0 Å². The van der Waals surface area contributed by atoms with Crippen LogP contribution in [0.15, 0.2) is 0 Å². The zero-order valence-electron chi connectivity index (χ0n) is 3.91. The zero-order chi connectivity index (χ0) is 4.83. The molecule has 0 aromatic heterocycles. The minimum Gasteiger partial charge on any atom is -0.251 e. The molecule has 0 fully saturated rings. The van der Waals surface area contributed by atoms with E-state index in [2.05, 4.69) is 6.92 Å². The lowest BCUT2D eigenvalue weighted by molar-refractivity contribution is 0.463. The Morgan fingerprint density at radius 3 is 2.17 bits per heavy atom. The second-order valence-corrected chi connectivity index (χ2v) is 1.25. The smallest absolute Gasteiger partial charge is 0.0894 e. The van der Waals surface area contributed by atoms with Crippen molar-refractivity contribution in [3.8, 4) is 0 Å². The molecule has 0 bridgehead atoms. The molecule has 0 unspecified atom stereocenters. The molecule has 6 heavy (non-hydrogen) atoms. The molecule has 0 spiro atoms. The summed E-state index contributed by atoms with van der Waals surface area (Å²) in [6, 6.07) is 0. The van der Waals surface area contributed by atoms with E-state index in [4.69, 9.17) is 0 Å². The van der Waals surface area contributed by atoms with Gasteiger partial charge in [-0.15, -0.1) is 0 Å². The Balaban J connectivity index is 2.34. The summed E-state index contributed by atoms with van der Waals surface area (Å²) < 4.78 is 11.2. The van der Waals surface area contributed by atoms with Crippen LogP contribution in [-0.2, 0) is 0 Å². The van der Waals surface area contributed by atoms with E-state index in [0.29, 0.717) is 6.42 Å². The Kier molecular flexibility index (Phi) is 4.87. The molecule has 0 aliphatic carbocycles. The first kappa shape index (κ1) is 5.93. The molecular formula is C5H10F. The van der Waals surface area contributed by atoms with Gasteiger partial charge in [-0.05, 0) is 6.42 Å². The van der Waals surface area contributed by atoms with Crippen LogP contribution in [0.25, 0.3) is 0 Å². The highest BCUT2D eigenvalue weighted by Gasteiger charge is 1.78. The van der Waals surface area contributed by atoms with Crippen LogP contribution < -0.4 is 0 Å². The van der Waals surface area contributed by atoms with Gasteiger partial charge in [-0.25, -0.2) is 0 Å². The summed E-state index contributed by atoms with van der Waals surface area (Å²) in [7, 11) is 0. The summed E-state index contributed by atoms with van der Waals surface area (Å²) >= 11 is 0. The van der Waals surface area contributed by atoms with Gasteiger partial charge in [0, 0.05) is 0 Å². The fourth-order valence-electron chi connectivity index (χ4n) is 0.271. The molecule has 0 rings (SSSR count). The lowest BCUT2D eigenvalue weighted by atomic mass is 10.3. The van der Waals surface area contributed by atoms with Gasteiger partial charge >= 0.3 is 0 Å². The molecular weight excluding hydrogens is 79.1 g/mol. The highest BCUT2D eigenvalue weighted by Crippen LogP contribution is 1.91. The first-order valence-electron chi connectivity index (χ1n) is 2.27. The third-order valence-corrected chi connectivity index (χ3v) is 0.634. The minimum atomic E-state index is -0.185. The molecule has 0 saturated carbocycles. The third kappa shape index (κ3) is 3.93. The van der Waals surface area contributed by atoms with Crippen LogP contribution >= 0.6 is 0 Å². The number of halogens is 1. The molecule has 0 aliphatic rings. The van der Waals surface area contributed by atoms with Crippen molar-refractivity contribution < 1.29 is 4.39 Å². The second-order valence-electron chi connectivity index (χ2n) is 1.25. The average Bonchev–Trinajstić information content (AvgIpc) is 1.61. The Morgan fingerprint density at radius 1 is 1.33 bits per heavy atom. The molecule has 0 nitrogen and oxygen atoms in total. The molecule has 1 radical (unpaired) electrons. The number of rotatable bonds is 3. The van der Waals surface area contributed by atoms with Crippen molar-refractivity contribution in [2.75, 3.05) is 6.67 Å². The van der Waals surface area contributed by atoms with Crippen LogP contribution in [0, 0.1) is 6.92 Å². The summed E-state index contributed by atoms with van der Waals surface area (Å²) in [4.78, 5) is 0. The van der Waals surface area contributed by atoms with Crippen molar-refractivity contribution >= 4 is 0 Å². The summed E-state index contributed by atoms with van der Waals surface area (Å²) in [6.07, 6.45) is 2.48. The first-order chi connectivity index (χ1) is 2.91. The van der Waals surface area contributed by atoms with Crippen molar-refractivity contribution in [1.29, 1.82) is 0 Å². The Bertz CT molecular complexity index is 15.9. The first-order valence-corrected chi connectivity index (χ1v) is 2.27. The molecule has 0 atom stereocenters. The van der Waals surface area contributed by atoms with Crippen LogP contribution in [0.4, 0.5) is 4.39 Å². The van der Waals surface area contributed by atoms with Crippen molar-refractivity contribution in [3.05, 3.63) is 6.92 Å². The van der Waals surface area contributed by atoms with Crippen LogP contribution in [-0.4, -0.2) is 6.67 Å². The second kappa shape index (κ2) is 4.93. The molecule has 0 heterocycles. The van der Waals surface area contributed by atoms with E-state index in [1.165, 1.54) is 0 Å². The SMILES string of the molecule is [CH2]CCCCF. The van der Waals surface area contributed by atoms with Crippen molar-refractivity contribution in [2.24, 2.45) is 0 Å². The fourth-order valence-corrected chi connectivity index (χ4v) is 0.271. The molecule has 0 aliphatic heterocycles. The predicted octanol–water partition coefficient (Wildman–Crippen LogP) is 1.96. The van der Waals surface area contributed by atoms with Gasteiger partial charge in [0.25, 0.3) is 0 Å². The lowest BCUT2D eigenvalue weighted by Gasteiger charge is -1.83. The van der Waals surface area contributed by atoms with Gasteiger partial charge in [0.2, 0.25) is 0 Å². The van der Waals surface area contributed by atoms with Gasteiger partial charge in [-0.1, -0.05) is 19.8 Å². The highest BCUT2D eigenvalue weighted by molar-refractivity contribution is 4.39. The van der Waals surface area contributed by atoms with E-state index >= 15 is 0 Å². The molecule has 37 valence electrons. The monoisotopic (exact) mass is 89.1 g/mol. The summed E-state index contributed by atoms with van der Waals surface area (Å²) in [6.45, 7) is 3.37. The lowest BCUT2D eigenvalue weighted by Crippen LogP contribution is -1.72. The Morgan fingerprint density at radius 2 is 2.00 bits per heavy atom. The largest absolute Gasteiger partial charge is 0.251 e. The normalized spacial score (nSPS) is 9.00. The van der Waals surface area contributed by atoms with Crippen molar-refractivity contribution in [3.63, 3.8) is 0 Å². The van der Waals surface area contributed by atoms with Gasteiger partial charge in [0.1, 0.15) is 0 Å².